The molecule has 5 nitrogen and oxygen atoms in total. The van der Waals surface area contributed by atoms with E-state index in [-0.39, 0.29) is 0 Å². The van der Waals surface area contributed by atoms with Crippen molar-refractivity contribution >= 4 is 15.7 Å². The number of nitrogen functional groups attached to an aromatic ring is 1. The van der Waals surface area contributed by atoms with Crippen LogP contribution in [0.25, 0.3) is 0 Å². The Balaban J connectivity index is 1.77. The molecule has 2 aliphatic rings. The molecular formula is C15H23N3O2S. The van der Waals surface area contributed by atoms with Crippen LogP contribution in [0.5, 0.6) is 0 Å². The smallest absolute Gasteiger partial charge is 0.243 e. The Morgan fingerprint density at radius 3 is 2.57 bits per heavy atom. The van der Waals surface area contributed by atoms with Gasteiger partial charge in [-0.1, -0.05) is 0 Å². The molecule has 6 heteroatoms. The van der Waals surface area contributed by atoms with Crippen LogP contribution in [-0.2, 0) is 10.0 Å². The summed E-state index contributed by atoms with van der Waals surface area (Å²) >= 11 is 0. The van der Waals surface area contributed by atoms with Crippen LogP contribution in [0, 0.1) is 6.92 Å². The molecule has 1 aromatic rings. The maximum absolute atomic E-state index is 12.7. The average Bonchev–Trinajstić information content (AvgIpc) is 3.11. The Hall–Kier alpha value is -1.11. The number of likely N-dealkylation sites (tertiary alicyclic amines) is 1. The summed E-state index contributed by atoms with van der Waals surface area (Å²) in [6.45, 7) is 5.29. The van der Waals surface area contributed by atoms with Crippen molar-refractivity contribution in [3.63, 3.8) is 0 Å². The number of nitrogens with zero attached hydrogens (tertiary/aromatic N) is 2. The van der Waals surface area contributed by atoms with E-state index in [0.29, 0.717) is 29.7 Å². The molecule has 2 aliphatic heterocycles. The molecule has 0 radical (unpaired) electrons. The number of aryl methyl sites for hydroxylation is 1. The summed E-state index contributed by atoms with van der Waals surface area (Å²) in [7, 11) is -3.39. The van der Waals surface area contributed by atoms with Crippen molar-refractivity contribution in [2.24, 2.45) is 0 Å². The fourth-order valence-electron chi connectivity index (χ4n) is 3.29. The molecule has 1 aromatic carbocycles. The van der Waals surface area contributed by atoms with Crippen molar-refractivity contribution < 1.29 is 8.42 Å². The van der Waals surface area contributed by atoms with Gasteiger partial charge in [0.05, 0.1) is 4.90 Å². The summed E-state index contributed by atoms with van der Waals surface area (Å²) in [6.07, 6.45) is 3.41. The number of hydrogen-bond donors (Lipinski definition) is 1. The molecular weight excluding hydrogens is 286 g/mol. The van der Waals surface area contributed by atoms with Gasteiger partial charge in [0.2, 0.25) is 10.0 Å². The molecule has 2 saturated heterocycles. The third-order valence-electron chi connectivity index (χ3n) is 4.66. The highest BCUT2D eigenvalue weighted by Gasteiger charge is 2.35. The van der Waals surface area contributed by atoms with Crippen LogP contribution in [0.3, 0.4) is 0 Å². The monoisotopic (exact) mass is 309 g/mol. The normalized spacial score (nSPS) is 24.7. The fraction of sp³-hybridized carbons (Fsp3) is 0.600. The predicted molar refractivity (Wildman–Crippen MR) is 83.6 cm³/mol. The molecule has 0 aliphatic carbocycles. The van der Waals surface area contributed by atoms with Gasteiger partial charge in [-0.3, -0.25) is 4.90 Å². The van der Waals surface area contributed by atoms with Gasteiger partial charge in [0.15, 0.2) is 0 Å². The van der Waals surface area contributed by atoms with Crippen molar-refractivity contribution in [2.45, 2.75) is 37.1 Å². The molecule has 1 atom stereocenters. The number of benzene rings is 1. The minimum absolute atomic E-state index is 0.358. The van der Waals surface area contributed by atoms with Crippen LogP contribution in [-0.4, -0.2) is 49.8 Å². The van der Waals surface area contributed by atoms with E-state index in [2.05, 4.69) is 4.90 Å². The number of rotatable bonds is 3. The van der Waals surface area contributed by atoms with E-state index in [1.807, 2.05) is 6.92 Å². The summed E-state index contributed by atoms with van der Waals surface area (Å²) in [5.74, 6) is 0. The van der Waals surface area contributed by atoms with Crippen LogP contribution in [0.15, 0.2) is 23.1 Å². The first-order chi connectivity index (χ1) is 9.98. The lowest BCUT2D eigenvalue weighted by molar-refractivity contribution is 0.251. The van der Waals surface area contributed by atoms with Gasteiger partial charge >= 0.3 is 0 Å². The first-order valence-corrected chi connectivity index (χ1v) is 9.03. The van der Waals surface area contributed by atoms with E-state index in [9.17, 15) is 8.42 Å². The topological polar surface area (TPSA) is 66.6 Å². The Morgan fingerprint density at radius 1 is 1.19 bits per heavy atom. The van der Waals surface area contributed by atoms with Crippen molar-refractivity contribution in [3.8, 4) is 0 Å². The quantitative estimate of drug-likeness (QED) is 0.858. The second-order valence-corrected chi connectivity index (χ2v) is 8.00. The third kappa shape index (κ3) is 2.80. The molecule has 0 saturated carbocycles. The molecule has 0 spiro atoms. The molecule has 2 heterocycles. The zero-order chi connectivity index (χ0) is 15.0. The van der Waals surface area contributed by atoms with Crippen LogP contribution in [0.1, 0.15) is 24.8 Å². The molecule has 3 rings (SSSR count). The maximum atomic E-state index is 12.7. The van der Waals surface area contributed by atoms with Gasteiger partial charge in [-0.25, -0.2) is 8.42 Å². The minimum atomic E-state index is -3.39. The van der Waals surface area contributed by atoms with Gasteiger partial charge in [0, 0.05) is 24.8 Å². The second-order valence-electron chi connectivity index (χ2n) is 6.07. The van der Waals surface area contributed by atoms with Crippen molar-refractivity contribution in [3.05, 3.63) is 23.8 Å². The molecule has 0 bridgehead atoms. The maximum Gasteiger partial charge on any atom is 0.243 e. The van der Waals surface area contributed by atoms with E-state index >= 15 is 0 Å². The number of hydrogen-bond acceptors (Lipinski definition) is 4. The molecule has 21 heavy (non-hydrogen) atoms. The predicted octanol–water partition coefficient (Wildman–Crippen LogP) is 1.44. The summed E-state index contributed by atoms with van der Waals surface area (Å²) in [5.41, 5.74) is 7.22. The summed E-state index contributed by atoms with van der Waals surface area (Å²) in [5, 5.41) is 0. The highest BCUT2D eigenvalue weighted by Crippen LogP contribution is 2.27. The lowest BCUT2D eigenvalue weighted by Gasteiger charge is -2.23. The largest absolute Gasteiger partial charge is 0.399 e. The van der Waals surface area contributed by atoms with Gasteiger partial charge in [0.1, 0.15) is 0 Å². The lowest BCUT2D eigenvalue weighted by Crippen LogP contribution is -2.37. The van der Waals surface area contributed by atoms with Crippen LogP contribution >= 0.6 is 0 Å². The zero-order valence-corrected chi connectivity index (χ0v) is 13.3. The SMILES string of the molecule is Cc1cc(S(=O)(=O)N2CCC(N3CCCC3)C2)ccc1N. The van der Waals surface area contributed by atoms with E-state index in [0.717, 1.165) is 25.1 Å². The van der Waals surface area contributed by atoms with E-state index in [1.165, 1.54) is 12.8 Å². The minimum Gasteiger partial charge on any atom is -0.399 e. The van der Waals surface area contributed by atoms with E-state index < -0.39 is 10.0 Å². The van der Waals surface area contributed by atoms with Crippen LogP contribution in [0.4, 0.5) is 5.69 Å². The molecule has 2 fully saturated rings. The third-order valence-corrected chi connectivity index (χ3v) is 6.52. The van der Waals surface area contributed by atoms with Gasteiger partial charge < -0.3 is 5.73 Å². The number of sulfonamides is 1. The Labute approximate surface area is 126 Å². The standard InChI is InChI=1S/C15H23N3O2S/c1-12-10-14(4-5-15(12)16)21(19,20)18-9-6-13(11-18)17-7-2-3-8-17/h4-5,10,13H,2-3,6-9,11,16H2,1H3. The summed E-state index contributed by atoms with van der Waals surface area (Å²) < 4.78 is 27.1. The summed E-state index contributed by atoms with van der Waals surface area (Å²) in [6, 6.07) is 5.35. The number of nitrogens with two attached hydrogens (primary N) is 1. The van der Waals surface area contributed by atoms with Gasteiger partial charge in [-0.2, -0.15) is 4.31 Å². The number of anilines is 1. The van der Waals surface area contributed by atoms with E-state index in [1.54, 1.807) is 22.5 Å². The molecule has 0 amide bonds. The lowest BCUT2D eigenvalue weighted by atomic mass is 10.2. The van der Waals surface area contributed by atoms with Crippen molar-refractivity contribution in [2.75, 3.05) is 31.9 Å². The second kappa shape index (κ2) is 5.59. The van der Waals surface area contributed by atoms with E-state index in [4.69, 9.17) is 5.73 Å². The van der Waals surface area contributed by atoms with Gasteiger partial charge in [-0.05, 0) is 63.0 Å². The molecule has 116 valence electrons. The van der Waals surface area contributed by atoms with Crippen molar-refractivity contribution in [1.82, 2.24) is 9.21 Å². The Bertz CT molecular complexity index is 624. The highest BCUT2D eigenvalue weighted by atomic mass is 32.2. The Kier molecular flexibility index (Phi) is 3.94. The van der Waals surface area contributed by atoms with Gasteiger partial charge in [-0.15, -0.1) is 0 Å². The first-order valence-electron chi connectivity index (χ1n) is 7.59. The summed E-state index contributed by atoms with van der Waals surface area (Å²) in [4.78, 5) is 2.79. The van der Waals surface area contributed by atoms with Gasteiger partial charge in [0.25, 0.3) is 0 Å². The van der Waals surface area contributed by atoms with Crippen LogP contribution < -0.4 is 5.73 Å². The van der Waals surface area contributed by atoms with Crippen LogP contribution in [0.2, 0.25) is 0 Å². The van der Waals surface area contributed by atoms with Crippen molar-refractivity contribution in [1.29, 1.82) is 0 Å². The first kappa shape index (κ1) is 14.8. The Morgan fingerprint density at radius 2 is 1.90 bits per heavy atom. The average molecular weight is 309 g/mol. The fourth-order valence-corrected chi connectivity index (χ4v) is 4.87. The highest BCUT2D eigenvalue weighted by molar-refractivity contribution is 7.89. The zero-order valence-electron chi connectivity index (χ0n) is 12.5. The molecule has 0 aromatic heterocycles. The molecule has 2 N–H and O–H groups in total. The molecule has 1 unspecified atom stereocenters.